The number of fused-ring (bicyclic) bond motifs is 3. The van der Waals surface area contributed by atoms with Gasteiger partial charge in [-0.05, 0) is 34.8 Å². The summed E-state index contributed by atoms with van der Waals surface area (Å²) in [6.07, 6.45) is 17.2. The second-order valence-electron chi connectivity index (χ2n) is 12.6. The summed E-state index contributed by atoms with van der Waals surface area (Å²) >= 11 is 1.69. The van der Waals surface area contributed by atoms with Gasteiger partial charge in [0, 0.05) is 0 Å². The van der Waals surface area contributed by atoms with Crippen LogP contribution in [-0.4, -0.2) is 3.21 Å². The summed E-state index contributed by atoms with van der Waals surface area (Å²) in [5.41, 5.74) is 13.3. The van der Waals surface area contributed by atoms with Crippen molar-refractivity contribution >= 4 is 8.78 Å². The molecular formula is C34H43Cl2Zr-. The molecule has 0 atom stereocenters. The Labute approximate surface area is 253 Å². The Balaban J connectivity index is 0.000000466. The minimum atomic E-state index is 0. The second kappa shape index (κ2) is 13.1. The molecule has 0 nitrogen and oxygen atoms in total. The van der Waals surface area contributed by atoms with E-state index in [1.807, 2.05) is 0 Å². The van der Waals surface area contributed by atoms with Crippen molar-refractivity contribution in [2.24, 2.45) is 0 Å². The summed E-state index contributed by atoms with van der Waals surface area (Å²) < 4.78 is 1.80. The standard InChI is InChI=1S/C28H33.C6H10.2ClH.Zr/c1-8-22-25-20(15-19-16-21(27(2,3)4)13-14-23(19)25)17-24(28(5,6)7)26(22)18-11-9-10-12-18;1-2-4-6-5-3-1;;;/h9-11,13-14,16H,8,12,15H2,1-7H3;1-5H2;2*1H;/q-1;;;;+2/p-2. The van der Waals surface area contributed by atoms with Crippen LogP contribution in [0.4, 0.5) is 0 Å². The molecule has 2 aromatic rings. The Bertz CT molecular complexity index is 1180. The van der Waals surface area contributed by atoms with Crippen molar-refractivity contribution in [3.05, 3.63) is 75.9 Å². The van der Waals surface area contributed by atoms with Crippen LogP contribution in [0.3, 0.4) is 0 Å². The van der Waals surface area contributed by atoms with Crippen LogP contribution in [0, 0.1) is 6.07 Å². The van der Waals surface area contributed by atoms with Crippen molar-refractivity contribution in [1.82, 2.24) is 0 Å². The van der Waals surface area contributed by atoms with Crippen LogP contribution >= 0.6 is 0 Å². The van der Waals surface area contributed by atoms with Crippen LogP contribution in [0.15, 0.2) is 36.4 Å². The first kappa shape index (κ1) is 32.5. The molecule has 0 radical (unpaired) electrons. The predicted octanol–water partition coefficient (Wildman–Crippen LogP) is 3.24. The molecule has 0 spiro atoms. The molecule has 37 heavy (non-hydrogen) atoms. The maximum absolute atomic E-state index is 3.92. The molecule has 2 aromatic carbocycles. The Morgan fingerprint density at radius 1 is 0.892 bits per heavy atom. The third-order valence-corrected chi connectivity index (χ3v) is 8.92. The monoisotopic (exact) mass is 611 g/mol. The average molecular weight is 614 g/mol. The van der Waals surface area contributed by atoms with Crippen molar-refractivity contribution in [3.8, 4) is 11.1 Å². The summed E-state index contributed by atoms with van der Waals surface area (Å²) in [5, 5.41) is 0. The van der Waals surface area contributed by atoms with Gasteiger partial charge in [0.2, 0.25) is 0 Å². The molecule has 1 saturated carbocycles. The third-order valence-electron chi connectivity index (χ3n) is 7.69. The van der Waals surface area contributed by atoms with Crippen LogP contribution in [0.1, 0.15) is 120 Å². The van der Waals surface area contributed by atoms with Gasteiger partial charge < -0.3 is 24.8 Å². The van der Waals surface area contributed by atoms with E-state index in [1.165, 1.54) is 82.2 Å². The normalized spacial score (nSPS) is 16.1. The van der Waals surface area contributed by atoms with E-state index in [1.54, 1.807) is 27.4 Å². The summed E-state index contributed by atoms with van der Waals surface area (Å²) in [5.74, 6) is 0. The topological polar surface area (TPSA) is 0 Å². The van der Waals surface area contributed by atoms with Crippen molar-refractivity contribution in [2.45, 2.75) is 111 Å². The van der Waals surface area contributed by atoms with Gasteiger partial charge in [-0.15, -0.1) is 27.8 Å². The van der Waals surface area contributed by atoms with E-state index in [-0.39, 0.29) is 35.6 Å². The van der Waals surface area contributed by atoms with E-state index in [0.717, 1.165) is 19.3 Å². The Hall–Kier alpha value is -0.747. The minimum absolute atomic E-state index is 0. The van der Waals surface area contributed by atoms with Gasteiger partial charge in [-0.3, -0.25) is 0 Å². The zero-order chi connectivity index (χ0) is 25.4. The van der Waals surface area contributed by atoms with Crippen LogP contribution in [-0.2, 0) is 47.9 Å². The van der Waals surface area contributed by atoms with Crippen LogP contribution in [0.2, 0.25) is 0 Å². The number of benzene rings is 2. The zero-order valence-corrected chi connectivity index (χ0v) is 27.8. The van der Waals surface area contributed by atoms with E-state index in [9.17, 15) is 0 Å². The number of allylic oxidation sites excluding steroid dienone is 4. The van der Waals surface area contributed by atoms with Crippen LogP contribution < -0.4 is 24.8 Å². The van der Waals surface area contributed by atoms with E-state index in [4.69, 9.17) is 0 Å². The molecule has 0 N–H and O–H groups in total. The molecular weight excluding hydrogens is 571 g/mol. The van der Waals surface area contributed by atoms with Crippen molar-refractivity contribution < 1.29 is 49.0 Å². The molecule has 0 saturated heterocycles. The molecule has 0 bridgehead atoms. The fraction of sp³-hybridized carbons (Fsp3) is 0.500. The van der Waals surface area contributed by atoms with Crippen molar-refractivity contribution in [1.29, 1.82) is 0 Å². The molecule has 3 aliphatic rings. The van der Waals surface area contributed by atoms with Gasteiger partial charge in [0.1, 0.15) is 0 Å². The summed E-state index contributed by atoms with van der Waals surface area (Å²) in [6, 6.07) is 11.1. The van der Waals surface area contributed by atoms with Crippen molar-refractivity contribution in [2.75, 3.05) is 0 Å². The van der Waals surface area contributed by atoms with E-state index in [2.05, 4.69) is 91.0 Å². The molecule has 1 fully saturated rings. The summed E-state index contributed by atoms with van der Waals surface area (Å²) in [7, 11) is 0. The Morgan fingerprint density at radius 3 is 2.05 bits per heavy atom. The number of rotatable bonds is 2. The molecule has 0 amide bonds. The molecule has 3 heteroatoms. The SMILES string of the molecule is CCc1c(C2=CC=CC2)c(C(C)(C)C)[c-]c2c1-c1ccc(C(C)(C)C)cc1C2.[Cl-].[Cl-].[Zr+2]=[C]1CCCCC1. The summed E-state index contributed by atoms with van der Waals surface area (Å²) in [4.78, 5) is 0. The first-order valence-corrected chi connectivity index (χ1v) is 14.9. The number of halogens is 2. The molecule has 0 heterocycles. The maximum atomic E-state index is 3.92. The number of hydrogen-bond acceptors (Lipinski definition) is 0. The van der Waals surface area contributed by atoms with Gasteiger partial charge in [0.15, 0.2) is 0 Å². The van der Waals surface area contributed by atoms with Gasteiger partial charge in [-0.2, -0.15) is 6.07 Å². The predicted molar refractivity (Wildman–Crippen MR) is 150 cm³/mol. The van der Waals surface area contributed by atoms with Gasteiger partial charge in [0.05, 0.1) is 0 Å². The number of hydrogen-bond donors (Lipinski definition) is 0. The van der Waals surface area contributed by atoms with Crippen LogP contribution in [0.5, 0.6) is 0 Å². The zero-order valence-electron chi connectivity index (χ0n) is 23.9. The molecule has 0 aliphatic heterocycles. The first-order valence-electron chi connectivity index (χ1n) is 13.7. The fourth-order valence-corrected chi connectivity index (χ4v) is 6.58. The van der Waals surface area contributed by atoms with Gasteiger partial charge in [-0.25, -0.2) is 0 Å². The van der Waals surface area contributed by atoms with Gasteiger partial charge in [0.25, 0.3) is 0 Å². The average Bonchev–Trinajstić information content (AvgIpc) is 3.45. The molecule has 0 unspecified atom stereocenters. The Morgan fingerprint density at radius 2 is 1.57 bits per heavy atom. The molecule has 0 aromatic heterocycles. The fourth-order valence-electron chi connectivity index (χ4n) is 5.71. The van der Waals surface area contributed by atoms with Crippen LogP contribution in [0.25, 0.3) is 16.7 Å². The molecule has 3 aliphatic carbocycles. The molecule has 5 rings (SSSR count). The van der Waals surface area contributed by atoms with E-state index < -0.39 is 0 Å². The second-order valence-corrected chi connectivity index (χ2v) is 14.3. The third kappa shape index (κ3) is 7.26. The summed E-state index contributed by atoms with van der Waals surface area (Å²) in [6.45, 7) is 16.2. The van der Waals surface area contributed by atoms with Gasteiger partial charge >= 0.3 is 59.5 Å². The van der Waals surface area contributed by atoms with Gasteiger partial charge in [-0.1, -0.05) is 102 Å². The quantitative estimate of drug-likeness (QED) is 0.390. The first-order chi connectivity index (χ1) is 16.5. The van der Waals surface area contributed by atoms with E-state index in [0.29, 0.717) is 0 Å². The van der Waals surface area contributed by atoms with E-state index >= 15 is 0 Å². The molecule has 198 valence electrons. The Kier molecular flexibility index (Phi) is 11.5. The van der Waals surface area contributed by atoms with Crippen molar-refractivity contribution in [3.63, 3.8) is 0 Å².